The third-order valence-electron chi connectivity index (χ3n) is 2.95. The maximum Gasteiger partial charge on any atom is 0.330 e. The lowest BCUT2D eigenvalue weighted by molar-refractivity contribution is -0.149. The summed E-state index contributed by atoms with van der Waals surface area (Å²) in [4.78, 5) is 23.2. The molecule has 0 fully saturated rings. The van der Waals surface area contributed by atoms with Gasteiger partial charge in [0.05, 0.1) is 13.7 Å². The molecule has 0 saturated heterocycles. The van der Waals surface area contributed by atoms with Crippen LogP contribution in [0.1, 0.15) is 32.3 Å². The molecule has 0 aromatic heterocycles. The monoisotopic (exact) mass is 293 g/mol. The quantitative estimate of drug-likeness (QED) is 0.588. The maximum absolute atomic E-state index is 11.7. The molecule has 116 valence electrons. The molecule has 0 unspecified atom stereocenters. The van der Waals surface area contributed by atoms with Crippen molar-refractivity contribution in [3.8, 4) is 0 Å². The van der Waals surface area contributed by atoms with Gasteiger partial charge in [-0.25, -0.2) is 4.79 Å². The van der Waals surface area contributed by atoms with Gasteiger partial charge in [0.2, 0.25) is 5.91 Å². The fourth-order valence-corrected chi connectivity index (χ4v) is 1.82. The second-order valence-electron chi connectivity index (χ2n) is 5.31. The average molecular weight is 293 g/mol. The van der Waals surface area contributed by atoms with Gasteiger partial charge in [0.1, 0.15) is 5.54 Å². The molecular formula is C16H23NO4. The maximum atomic E-state index is 11.7. The summed E-state index contributed by atoms with van der Waals surface area (Å²) in [6, 6.07) is 9.86. The highest BCUT2D eigenvalue weighted by atomic mass is 16.5. The van der Waals surface area contributed by atoms with Crippen LogP contribution in [-0.4, -0.2) is 31.1 Å². The smallest absolute Gasteiger partial charge is 0.330 e. The predicted molar refractivity (Wildman–Crippen MR) is 79.6 cm³/mol. The van der Waals surface area contributed by atoms with Crippen LogP contribution < -0.4 is 5.32 Å². The molecule has 0 aliphatic carbocycles. The van der Waals surface area contributed by atoms with Crippen molar-refractivity contribution in [2.24, 2.45) is 0 Å². The number of carbonyl (C=O) groups is 2. The van der Waals surface area contributed by atoms with Crippen LogP contribution in [0.4, 0.5) is 0 Å². The second-order valence-corrected chi connectivity index (χ2v) is 5.31. The summed E-state index contributed by atoms with van der Waals surface area (Å²) in [6.45, 7) is 4.27. The van der Waals surface area contributed by atoms with Gasteiger partial charge in [-0.15, -0.1) is 0 Å². The van der Waals surface area contributed by atoms with E-state index in [0.717, 1.165) is 5.56 Å². The Kier molecular flexibility index (Phi) is 6.88. The molecule has 1 N–H and O–H groups in total. The first-order valence-corrected chi connectivity index (χ1v) is 6.97. The highest BCUT2D eigenvalue weighted by Crippen LogP contribution is 2.06. The number of ether oxygens (including phenoxy) is 2. The second kappa shape index (κ2) is 8.42. The first-order valence-electron chi connectivity index (χ1n) is 6.97. The van der Waals surface area contributed by atoms with E-state index in [9.17, 15) is 9.59 Å². The molecule has 1 aromatic carbocycles. The van der Waals surface area contributed by atoms with Crippen molar-refractivity contribution < 1.29 is 19.1 Å². The van der Waals surface area contributed by atoms with Gasteiger partial charge in [-0.05, 0) is 25.8 Å². The van der Waals surface area contributed by atoms with Crippen LogP contribution in [0, 0.1) is 0 Å². The minimum atomic E-state index is -1.00. The fourth-order valence-electron chi connectivity index (χ4n) is 1.82. The van der Waals surface area contributed by atoms with Crippen molar-refractivity contribution in [1.82, 2.24) is 5.32 Å². The third kappa shape index (κ3) is 6.40. The van der Waals surface area contributed by atoms with Gasteiger partial charge in [-0.2, -0.15) is 0 Å². The van der Waals surface area contributed by atoms with Gasteiger partial charge in [-0.3, -0.25) is 4.79 Å². The third-order valence-corrected chi connectivity index (χ3v) is 2.95. The van der Waals surface area contributed by atoms with Crippen molar-refractivity contribution in [3.63, 3.8) is 0 Å². The van der Waals surface area contributed by atoms with E-state index in [2.05, 4.69) is 10.1 Å². The SMILES string of the molecule is COC(=O)C(C)(C)NC(=O)CCCOCc1ccccc1. The number of benzene rings is 1. The number of amides is 1. The van der Waals surface area contributed by atoms with E-state index >= 15 is 0 Å². The Morgan fingerprint density at radius 1 is 1.19 bits per heavy atom. The minimum Gasteiger partial charge on any atom is -0.467 e. The molecule has 5 heteroatoms. The number of esters is 1. The molecule has 0 saturated carbocycles. The molecule has 1 rings (SSSR count). The van der Waals surface area contributed by atoms with Gasteiger partial charge < -0.3 is 14.8 Å². The molecule has 0 atom stereocenters. The minimum absolute atomic E-state index is 0.186. The van der Waals surface area contributed by atoms with E-state index in [1.807, 2.05) is 30.3 Å². The zero-order valence-electron chi connectivity index (χ0n) is 12.8. The summed E-state index contributed by atoms with van der Waals surface area (Å²) < 4.78 is 10.1. The number of hydrogen-bond donors (Lipinski definition) is 1. The number of rotatable bonds is 8. The molecule has 0 spiro atoms. The predicted octanol–water partition coefficient (Wildman–Crippen LogP) is 2.05. The van der Waals surface area contributed by atoms with Crippen molar-refractivity contribution in [2.75, 3.05) is 13.7 Å². The lowest BCUT2D eigenvalue weighted by atomic mass is 10.1. The van der Waals surface area contributed by atoms with E-state index < -0.39 is 11.5 Å². The number of carbonyl (C=O) groups excluding carboxylic acids is 2. The number of hydrogen-bond acceptors (Lipinski definition) is 4. The standard InChI is InChI=1S/C16H23NO4/c1-16(2,15(19)20-3)17-14(18)10-7-11-21-12-13-8-5-4-6-9-13/h4-6,8-9H,7,10-12H2,1-3H3,(H,17,18). The number of methoxy groups -OCH3 is 1. The van der Waals surface area contributed by atoms with Crippen LogP contribution in [-0.2, 0) is 25.7 Å². The van der Waals surface area contributed by atoms with Gasteiger partial charge in [-0.1, -0.05) is 30.3 Å². The van der Waals surface area contributed by atoms with Crippen molar-refractivity contribution in [3.05, 3.63) is 35.9 Å². The molecule has 0 bridgehead atoms. The average Bonchev–Trinajstić information content (AvgIpc) is 2.46. The van der Waals surface area contributed by atoms with Gasteiger partial charge >= 0.3 is 5.97 Å². The Balaban J connectivity index is 2.18. The van der Waals surface area contributed by atoms with Gasteiger partial charge in [0, 0.05) is 13.0 Å². The zero-order valence-corrected chi connectivity index (χ0v) is 12.8. The van der Waals surface area contributed by atoms with Crippen molar-refractivity contribution in [1.29, 1.82) is 0 Å². The van der Waals surface area contributed by atoms with Crippen LogP contribution in [0.2, 0.25) is 0 Å². The van der Waals surface area contributed by atoms with Crippen molar-refractivity contribution >= 4 is 11.9 Å². The normalized spacial score (nSPS) is 11.0. The van der Waals surface area contributed by atoms with Gasteiger partial charge in [0.25, 0.3) is 0 Å². The zero-order chi connectivity index (χ0) is 15.7. The van der Waals surface area contributed by atoms with Crippen LogP contribution in [0.15, 0.2) is 30.3 Å². The summed E-state index contributed by atoms with van der Waals surface area (Å²) in [5.41, 5.74) is 0.102. The summed E-state index contributed by atoms with van der Waals surface area (Å²) in [5.74, 6) is -0.648. The van der Waals surface area contributed by atoms with E-state index in [0.29, 0.717) is 26.1 Å². The molecular weight excluding hydrogens is 270 g/mol. The largest absolute Gasteiger partial charge is 0.467 e. The van der Waals surface area contributed by atoms with Crippen LogP contribution in [0.5, 0.6) is 0 Å². The lowest BCUT2D eigenvalue weighted by Gasteiger charge is -2.23. The molecule has 0 heterocycles. The lowest BCUT2D eigenvalue weighted by Crippen LogP contribution is -2.50. The van der Waals surface area contributed by atoms with Gasteiger partial charge in [0.15, 0.2) is 0 Å². The molecule has 21 heavy (non-hydrogen) atoms. The Morgan fingerprint density at radius 3 is 2.48 bits per heavy atom. The molecule has 1 amide bonds. The van der Waals surface area contributed by atoms with E-state index in [1.165, 1.54) is 7.11 Å². The van der Waals surface area contributed by atoms with E-state index in [1.54, 1.807) is 13.8 Å². The van der Waals surface area contributed by atoms with Crippen LogP contribution >= 0.6 is 0 Å². The van der Waals surface area contributed by atoms with Crippen LogP contribution in [0.25, 0.3) is 0 Å². The number of nitrogens with one attached hydrogen (secondary N) is 1. The molecule has 0 aliphatic rings. The molecule has 5 nitrogen and oxygen atoms in total. The molecule has 0 radical (unpaired) electrons. The van der Waals surface area contributed by atoms with Crippen LogP contribution in [0.3, 0.4) is 0 Å². The Bertz CT molecular complexity index is 457. The fraction of sp³-hybridized carbons (Fsp3) is 0.500. The summed E-state index contributed by atoms with van der Waals surface area (Å²) in [6.07, 6.45) is 0.922. The summed E-state index contributed by atoms with van der Waals surface area (Å²) in [5, 5.41) is 2.65. The topological polar surface area (TPSA) is 64.6 Å². The van der Waals surface area contributed by atoms with Crippen molar-refractivity contribution in [2.45, 2.75) is 38.8 Å². The molecule has 0 aliphatic heterocycles. The first kappa shape index (κ1) is 17.2. The van der Waals surface area contributed by atoms with E-state index in [4.69, 9.17) is 4.74 Å². The molecule has 1 aromatic rings. The van der Waals surface area contributed by atoms with E-state index in [-0.39, 0.29) is 5.91 Å². The highest BCUT2D eigenvalue weighted by Gasteiger charge is 2.29. The summed E-state index contributed by atoms with van der Waals surface area (Å²) >= 11 is 0. The Hall–Kier alpha value is -1.88. The Morgan fingerprint density at radius 2 is 1.86 bits per heavy atom. The highest BCUT2D eigenvalue weighted by molar-refractivity contribution is 5.87. The first-order chi connectivity index (χ1) is 9.95. The Labute approximate surface area is 125 Å². The summed E-state index contributed by atoms with van der Waals surface area (Å²) in [7, 11) is 1.30.